The lowest BCUT2D eigenvalue weighted by atomic mass is 9.92. The van der Waals surface area contributed by atoms with E-state index in [1.165, 1.54) is 0 Å². The molecule has 0 unspecified atom stereocenters. The molecule has 23 heavy (non-hydrogen) atoms. The highest BCUT2D eigenvalue weighted by Crippen LogP contribution is 2.16. The molecule has 1 aromatic rings. The summed E-state index contributed by atoms with van der Waals surface area (Å²) in [6, 6.07) is 7.72. The Morgan fingerprint density at radius 1 is 1.22 bits per heavy atom. The van der Waals surface area contributed by atoms with E-state index in [1.54, 1.807) is 0 Å². The molecule has 5 heteroatoms. The fraction of sp³-hybridized carbons (Fsp3) is 0.611. The highest BCUT2D eigenvalue weighted by Gasteiger charge is 2.26. The van der Waals surface area contributed by atoms with E-state index in [0.717, 1.165) is 24.2 Å². The van der Waals surface area contributed by atoms with Crippen molar-refractivity contribution in [3.05, 3.63) is 29.8 Å². The van der Waals surface area contributed by atoms with Crippen molar-refractivity contribution in [2.24, 2.45) is 11.7 Å². The van der Waals surface area contributed by atoms with Crippen LogP contribution >= 0.6 is 12.4 Å². The van der Waals surface area contributed by atoms with Gasteiger partial charge in [-0.2, -0.15) is 0 Å². The molecule has 0 aliphatic carbocycles. The van der Waals surface area contributed by atoms with Crippen LogP contribution in [-0.4, -0.2) is 24.6 Å². The molecule has 0 saturated heterocycles. The van der Waals surface area contributed by atoms with Gasteiger partial charge in [-0.05, 0) is 36.5 Å². The van der Waals surface area contributed by atoms with E-state index < -0.39 is 0 Å². The number of hydrogen-bond acceptors (Lipinski definition) is 3. The second-order valence-electron chi connectivity index (χ2n) is 6.27. The predicted octanol–water partition coefficient (Wildman–Crippen LogP) is 3.32. The zero-order valence-electron chi connectivity index (χ0n) is 14.7. The normalized spacial score (nSPS) is 11.0. The van der Waals surface area contributed by atoms with Gasteiger partial charge in [0.05, 0.1) is 18.6 Å². The number of ether oxygens (including phenoxy) is 1. The Labute approximate surface area is 146 Å². The molecule has 0 aromatic heterocycles. The average molecular weight is 343 g/mol. The van der Waals surface area contributed by atoms with Crippen LogP contribution < -0.4 is 15.8 Å². The maximum atomic E-state index is 12.2. The largest absolute Gasteiger partial charge is 0.493 e. The minimum Gasteiger partial charge on any atom is -0.493 e. The van der Waals surface area contributed by atoms with Crippen LogP contribution in [-0.2, 0) is 11.2 Å². The fourth-order valence-corrected chi connectivity index (χ4v) is 2.26. The van der Waals surface area contributed by atoms with E-state index in [1.807, 2.05) is 24.3 Å². The maximum Gasteiger partial charge on any atom is 0.224 e. The number of carbonyl (C=O) groups is 1. The van der Waals surface area contributed by atoms with Crippen molar-refractivity contribution < 1.29 is 9.53 Å². The first-order valence-electron chi connectivity index (χ1n) is 8.17. The second-order valence-corrected chi connectivity index (χ2v) is 6.27. The summed E-state index contributed by atoms with van der Waals surface area (Å²) in [5, 5.41) is 3.09. The van der Waals surface area contributed by atoms with E-state index in [-0.39, 0.29) is 23.9 Å². The van der Waals surface area contributed by atoms with Crippen LogP contribution in [0.4, 0.5) is 0 Å². The van der Waals surface area contributed by atoms with Crippen molar-refractivity contribution in [1.29, 1.82) is 0 Å². The molecule has 0 aliphatic heterocycles. The molecule has 0 heterocycles. The maximum absolute atomic E-state index is 12.2. The van der Waals surface area contributed by atoms with Crippen LogP contribution in [0.5, 0.6) is 5.75 Å². The standard InChI is InChI=1S/C18H30N2O2.ClH/c1-5-18(6-2,13-19)20-17(21)11-15-7-9-16(10-8-15)22-12-14(3)4;/h7-10,14H,5-6,11-13,19H2,1-4H3,(H,20,21);1H. The van der Waals surface area contributed by atoms with Crippen LogP contribution in [0, 0.1) is 5.92 Å². The van der Waals surface area contributed by atoms with Gasteiger partial charge < -0.3 is 15.8 Å². The number of rotatable bonds is 9. The van der Waals surface area contributed by atoms with E-state index in [9.17, 15) is 4.79 Å². The van der Waals surface area contributed by atoms with Crippen molar-refractivity contribution in [3.8, 4) is 5.75 Å². The number of nitrogens with one attached hydrogen (secondary N) is 1. The smallest absolute Gasteiger partial charge is 0.224 e. The van der Waals surface area contributed by atoms with Crippen molar-refractivity contribution in [1.82, 2.24) is 5.32 Å². The third-order valence-corrected chi connectivity index (χ3v) is 4.02. The summed E-state index contributed by atoms with van der Waals surface area (Å²) in [6.45, 7) is 9.50. The SMILES string of the molecule is CCC(CC)(CN)NC(=O)Cc1ccc(OCC(C)C)cc1.Cl. The van der Waals surface area contributed by atoms with Gasteiger partial charge >= 0.3 is 0 Å². The van der Waals surface area contributed by atoms with Gasteiger partial charge in [-0.25, -0.2) is 0 Å². The molecule has 0 saturated carbocycles. The molecule has 0 atom stereocenters. The van der Waals surface area contributed by atoms with Gasteiger partial charge in [0, 0.05) is 6.54 Å². The van der Waals surface area contributed by atoms with E-state index in [4.69, 9.17) is 10.5 Å². The Hall–Kier alpha value is -1.26. The number of carbonyl (C=O) groups excluding carboxylic acids is 1. The lowest BCUT2D eigenvalue weighted by Crippen LogP contribution is -2.53. The summed E-state index contributed by atoms with van der Waals surface area (Å²) >= 11 is 0. The zero-order chi connectivity index (χ0) is 16.6. The number of amides is 1. The van der Waals surface area contributed by atoms with E-state index >= 15 is 0 Å². The molecule has 1 rings (SSSR count). The van der Waals surface area contributed by atoms with Crippen molar-refractivity contribution in [2.45, 2.75) is 52.5 Å². The van der Waals surface area contributed by atoms with Gasteiger partial charge in [0.15, 0.2) is 0 Å². The van der Waals surface area contributed by atoms with Crippen molar-refractivity contribution in [2.75, 3.05) is 13.2 Å². The fourth-order valence-electron chi connectivity index (χ4n) is 2.26. The molecule has 0 radical (unpaired) electrons. The van der Waals surface area contributed by atoms with Crippen molar-refractivity contribution >= 4 is 18.3 Å². The summed E-state index contributed by atoms with van der Waals surface area (Å²) in [7, 11) is 0. The lowest BCUT2D eigenvalue weighted by molar-refractivity contribution is -0.122. The van der Waals surface area contributed by atoms with Gasteiger partial charge in [-0.15, -0.1) is 12.4 Å². The summed E-state index contributed by atoms with van der Waals surface area (Å²) in [4.78, 5) is 12.2. The summed E-state index contributed by atoms with van der Waals surface area (Å²) in [5.41, 5.74) is 6.52. The van der Waals surface area contributed by atoms with Crippen LogP contribution in [0.1, 0.15) is 46.1 Å². The third-order valence-electron chi connectivity index (χ3n) is 4.02. The van der Waals surface area contributed by atoms with Crippen LogP contribution in [0.2, 0.25) is 0 Å². The van der Waals surface area contributed by atoms with Gasteiger partial charge in [0.25, 0.3) is 0 Å². The molecule has 4 nitrogen and oxygen atoms in total. The molecular formula is C18H31ClN2O2. The number of benzene rings is 1. The minimum atomic E-state index is -0.280. The van der Waals surface area contributed by atoms with Gasteiger partial charge in [0.1, 0.15) is 5.75 Å². The molecule has 0 spiro atoms. The van der Waals surface area contributed by atoms with Gasteiger partial charge in [-0.1, -0.05) is 39.8 Å². The zero-order valence-corrected chi connectivity index (χ0v) is 15.5. The molecule has 1 aromatic carbocycles. The number of hydrogen-bond donors (Lipinski definition) is 2. The summed E-state index contributed by atoms with van der Waals surface area (Å²) < 4.78 is 5.64. The monoisotopic (exact) mass is 342 g/mol. The first kappa shape index (κ1) is 21.7. The summed E-state index contributed by atoms with van der Waals surface area (Å²) in [5.74, 6) is 1.36. The summed E-state index contributed by atoms with van der Waals surface area (Å²) in [6.07, 6.45) is 2.05. The van der Waals surface area contributed by atoms with Crippen LogP contribution in [0.25, 0.3) is 0 Å². The average Bonchev–Trinajstić information content (AvgIpc) is 2.52. The molecule has 0 fully saturated rings. The molecule has 0 aliphatic rings. The minimum absolute atomic E-state index is 0. The molecule has 1 amide bonds. The van der Waals surface area contributed by atoms with Gasteiger partial charge in [0.2, 0.25) is 5.91 Å². The van der Waals surface area contributed by atoms with Crippen molar-refractivity contribution in [3.63, 3.8) is 0 Å². The molecule has 3 N–H and O–H groups in total. The van der Waals surface area contributed by atoms with Gasteiger partial charge in [-0.3, -0.25) is 4.79 Å². The lowest BCUT2D eigenvalue weighted by Gasteiger charge is -2.31. The second kappa shape index (κ2) is 10.5. The molecular weight excluding hydrogens is 312 g/mol. The first-order valence-corrected chi connectivity index (χ1v) is 8.17. The first-order chi connectivity index (χ1) is 10.4. The van der Waals surface area contributed by atoms with E-state index in [0.29, 0.717) is 25.5 Å². The Balaban J connectivity index is 0.00000484. The Kier molecular flexibility index (Phi) is 9.93. The van der Waals surface area contributed by atoms with E-state index in [2.05, 4.69) is 33.0 Å². The van der Waals surface area contributed by atoms with Crippen LogP contribution in [0.15, 0.2) is 24.3 Å². The Bertz CT molecular complexity index is 448. The highest BCUT2D eigenvalue weighted by molar-refractivity contribution is 5.85. The van der Waals surface area contributed by atoms with Crippen LogP contribution in [0.3, 0.4) is 0 Å². The molecule has 132 valence electrons. The Morgan fingerprint density at radius 2 is 1.78 bits per heavy atom. The number of halogens is 1. The molecule has 0 bridgehead atoms. The Morgan fingerprint density at radius 3 is 2.22 bits per heavy atom. The predicted molar refractivity (Wildman–Crippen MR) is 98.2 cm³/mol. The third kappa shape index (κ3) is 7.23. The topological polar surface area (TPSA) is 64.3 Å². The quantitative estimate of drug-likeness (QED) is 0.723. The number of nitrogens with two attached hydrogens (primary N) is 1. The highest BCUT2D eigenvalue weighted by atomic mass is 35.5.